The number of hydrogen-bond acceptors (Lipinski definition) is 1. The molecule has 0 radical (unpaired) electrons. The summed E-state index contributed by atoms with van der Waals surface area (Å²) in [4.78, 5) is 0. The van der Waals surface area contributed by atoms with Gasteiger partial charge in [-0.1, -0.05) is 44.2 Å². The summed E-state index contributed by atoms with van der Waals surface area (Å²) < 4.78 is 0. The van der Waals surface area contributed by atoms with Gasteiger partial charge in [0.1, 0.15) is 0 Å². The number of halogens is 1. The van der Waals surface area contributed by atoms with Crippen LogP contribution in [0, 0.1) is 5.92 Å². The molecule has 0 saturated carbocycles. The zero-order chi connectivity index (χ0) is 11.8. The molecule has 2 heteroatoms. The van der Waals surface area contributed by atoms with Gasteiger partial charge in [0.05, 0.1) is 0 Å². The first-order valence-electron chi connectivity index (χ1n) is 6.05. The first-order chi connectivity index (χ1) is 7.72. The number of benzene rings is 1. The van der Waals surface area contributed by atoms with Crippen molar-refractivity contribution in [2.45, 2.75) is 32.7 Å². The van der Waals surface area contributed by atoms with Gasteiger partial charge in [0, 0.05) is 11.9 Å². The summed E-state index contributed by atoms with van der Waals surface area (Å²) >= 11 is 5.93. The normalized spacial score (nSPS) is 13.0. The van der Waals surface area contributed by atoms with Gasteiger partial charge >= 0.3 is 0 Å². The van der Waals surface area contributed by atoms with Crippen molar-refractivity contribution in [1.29, 1.82) is 0 Å². The summed E-state index contributed by atoms with van der Waals surface area (Å²) in [6, 6.07) is 11.0. The minimum atomic E-state index is 0.449. The number of rotatable bonds is 7. The highest BCUT2D eigenvalue weighted by Crippen LogP contribution is 2.06. The molecule has 0 amide bonds. The molecule has 1 unspecified atom stereocenters. The number of nitrogens with one attached hydrogen (secondary N) is 1. The largest absolute Gasteiger partial charge is 0.312 e. The second-order valence-electron chi connectivity index (χ2n) is 4.67. The quantitative estimate of drug-likeness (QED) is 0.719. The van der Waals surface area contributed by atoms with Crippen LogP contribution in [0.4, 0.5) is 0 Å². The van der Waals surface area contributed by atoms with Crippen molar-refractivity contribution >= 4 is 11.6 Å². The van der Waals surface area contributed by atoms with Crippen molar-refractivity contribution in [3.8, 4) is 0 Å². The lowest BCUT2D eigenvalue weighted by Gasteiger charge is -2.17. The number of hydrogen-bond donors (Lipinski definition) is 1. The summed E-state index contributed by atoms with van der Waals surface area (Å²) in [6.07, 6.45) is 2.23. The third-order valence-electron chi connectivity index (χ3n) is 2.63. The monoisotopic (exact) mass is 239 g/mol. The van der Waals surface area contributed by atoms with E-state index >= 15 is 0 Å². The maximum atomic E-state index is 5.93. The Kier molecular flexibility index (Phi) is 6.51. The summed E-state index contributed by atoms with van der Waals surface area (Å²) in [5.41, 5.74) is 1.38. The van der Waals surface area contributed by atoms with Crippen LogP contribution < -0.4 is 5.32 Å². The van der Waals surface area contributed by atoms with Crippen molar-refractivity contribution in [3.63, 3.8) is 0 Å². The molecule has 0 aliphatic carbocycles. The average molecular weight is 240 g/mol. The maximum absolute atomic E-state index is 5.93. The predicted octanol–water partition coefficient (Wildman–Crippen LogP) is 3.47. The highest BCUT2D eigenvalue weighted by atomic mass is 35.5. The van der Waals surface area contributed by atoms with Crippen LogP contribution in [0.15, 0.2) is 30.3 Å². The van der Waals surface area contributed by atoms with Gasteiger partial charge in [-0.05, 0) is 30.9 Å². The Morgan fingerprint density at radius 3 is 2.44 bits per heavy atom. The van der Waals surface area contributed by atoms with E-state index < -0.39 is 0 Å². The van der Waals surface area contributed by atoms with Crippen LogP contribution in [-0.4, -0.2) is 18.5 Å². The molecule has 0 heterocycles. The molecule has 1 aromatic rings. The Labute approximate surface area is 104 Å². The van der Waals surface area contributed by atoms with Gasteiger partial charge in [0.2, 0.25) is 0 Å². The molecule has 0 aliphatic rings. The molecule has 0 aliphatic heterocycles. The third-order valence-corrected chi connectivity index (χ3v) is 3.00. The predicted molar refractivity (Wildman–Crippen MR) is 72.1 cm³/mol. The summed E-state index contributed by atoms with van der Waals surface area (Å²) in [5.74, 6) is 1.40. The van der Waals surface area contributed by atoms with E-state index in [0.29, 0.717) is 17.8 Å². The molecule has 0 bridgehead atoms. The van der Waals surface area contributed by atoms with Gasteiger partial charge in [-0.25, -0.2) is 0 Å². The van der Waals surface area contributed by atoms with E-state index in [0.717, 1.165) is 19.4 Å². The van der Waals surface area contributed by atoms with Gasteiger partial charge in [0.15, 0.2) is 0 Å². The van der Waals surface area contributed by atoms with Crippen molar-refractivity contribution < 1.29 is 0 Å². The fourth-order valence-electron chi connectivity index (χ4n) is 1.84. The average Bonchev–Trinajstić information content (AvgIpc) is 2.28. The molecule has 0 aromatic heterocycles. The van der Waals surface area contributed by atoms with Crippen molar-refractivity contribution in [2.75, 3.05) is 12.4 Å². The molecule has 1 N–H and O–H groups in total. The van der Waals surface area contributed by atoms with Crippen LogP contribution in [0.1, 0.15) is 25.8 Å². The van der Waals surface area contributed by atoms with E-state index in [2.05, 4.69) is 49.5 Å². The minimum Gasteiger partial charge on any atom is -0.312 e. The Morgan fingerprint density at radius 2 is 1.88 bits per heavy atom. The van der Waals surface area contributed by atoms with Gasteiger partial charge in [-0.3, -0.25) is 0 Å². The molecule has 1 aromatic carbocycles. The summed E-state index contributed by atoms with van der Waals surface area (Å²) in [7, 11) is 0. The lowest BCUT2D eigenvalue weighted by molar-refractivity contribution is 0.448. The fraction of sp³-hybridized carbons (Fsp3) is 0.571. The Balaban J connectivity index is 2.23. The van der Waals surface area contributed by atoms with Crippen LogP contribution in [0.2, 0.25) is 0 Å². The molecule has 1 nitrogen and oxygen atoms in total. The summed E-state index contributed by atoms with van der Waals surface area (Å²) in [6.45, 7) is 5.48. The second-order valence-corrected chi connectivity index (χ2v) is 4.98. The van der Waals surface area contributed by atoms with Crippen LogP contribution in [0.25, 0.3) is 0 Å². The smallest absolute Gasteiger partial charge is 0.0377 e. The van der Waals surface area contributed by atoms with Gasteiger partial charge in [-0.15, -0.1) is 11.6 Å². The topological polar surface area (TPSA) is 12.0 Å². The van der Waals surface area contributed by atoms with E-state index in [1.54, 1.807) is 0 Å². The highest BCUT2D eigenvalue weighted by Gasteiger charge is 2.08. The van der Waals surface area contributed by atoms with Crippen molar-refractivity contribution in [2.24, 2.45) is 5.92 Å². The standard InChI is InChI=1S/C14H22ClN/c1-12(2)10-14(11-15)16-9-8-13-6-4-3-5-7-13/h3-7,12,14,16H,8-11H2,1-2H3. The maximum Gasteiger partial charge on any atom is 0.0377 e. The van der Waals surface area contributed by atoms with Crippen LogP contribution >= 0.6 is 11.6 Å². The first kappa shape index (κ1) is 13.5. The molecular weight excluding hydrogens is 218 g/mol. The second kappa shape index (κ2) is 7.70. The highest BCUT2D eigenvalue weighted by molar-refractivity contribution is 6.18. The Morgan fingerprint density at radius 1 is 1.19 bits per heavy atom. The van der Waals surface area contributed by atoms with Gasteiger partial charge in [-0.2, -0.15) is 0 Å². The molecule has 90 valence electrons. The lowest BCUT2D eigenvalue weighted by atomic mass is 10.0. The molecule has 1 rings (SSSR count). The van der Waals surface area contributed by atoms with Crippen LogP contribution in [0.5, 0.6) is 0 Å². The molecule has 0 fully saturated rings. The van der Waals surface area contributed by atoms with E-state index in [-0.39, 0.29) is 0 Å². The first-order valence-corrected chi connectivity index (χ1v) is 6.59. The molecule has 1 atom stereocenters. The zero-order valence-corrected chi connectivity index (χ0v) is 11.0. The van der Waals surface area contributed by atoms with Crippen molar-refractivity contribution in [3.05, 3.63) is 35.9 Å². The molecular formula is C14H22ClN. The van der Waals surface area contributed by atoms with E-state index in [9.17, 15) is 0 Å². The number of alkyl halides is 1. The SMILES string of the molecule is CC(C)CC(CCl)NCCc1ccccc1. The van der Waals surface area contributed by atoms with Crippen LogP contribution in [0.3, 0.4) is 0 Å². The summed E-state index contributed by atoms with van der Waals surface area (Å²) in [5, 5.41) is 3.52. The lowest BCUT2D eigenvalue weighted by Crippen LogP contribution is -2.33. The van der Waals surface area contributed by atoms with E-state index in [4.69, 9.17) is 11.6 Å². The molecule has 16 heavy (non-hydrogen) atoms. The van der Waals surface area contributed by atoms with Gasteiger partial charge < -0.3 is 5.32 Å². The molecule has 0 spiro atoms. The fourth-order valence-corrected chi connectivity index (χ4v) is 2.07. The minimum absolute atomic E-state index is 0.449. The van der Waals surface area contributed by atoms with Crippen molar-refractivity contribution in [1.82, 2.24) is 5.32 Å². The van der Waals surface area contributed by atoms with Gasteiger partial charge in [0.25, 0.3) is 0 Å². The van der Waals surface area contributed by atoms with Crippen LogP contribution in [-0.2, 0) is 6.42 Å². The zero-order valence-electron chi connectivity index (χ0n) is 10.2. The third kappa shape index (κ3) is 5.53. The Hall–Kier alpha value is -0.530. The Bertz CT molecular complexity index is 271. The van der Waals surface area contributed by atoms with E-state index in [1.165, 1.54) is 5.56 Å². The van der Waals surface area contributed by atoms with E-state index in [1.807, 2.05) is 0 Å². The molecule has 0 saturated heterocycles.